The number of aryl methyl sites for hydroxylation is 1. The molecule has 4 rings (SSSR count). The monoisotopic (exact) mass is 309 g/mol. The van der Waals surface area contributed by atoms with Crippen LogP contribution in [-0.2, 0) is 0 Å². The first-order valence-corrected chi connectivity index (χ1v) is 7.28. The van der Waals surface area contributed by atoms with Gasteiger partial charge < -0.3 is 0 Å². The largest absolute Gasteiger partial charge is 0.268 e. The van der Waals surface area contributed by atoms with E-state index in [4.69, 9.17) is 11.6 Å². The van der Waals surface area contributed by atoms with Crippen molar-refractivity contribution in [1.29, 1.82) is 0 Å². The van der Waals surface area contributed by atoms with Gasteiger partial charge in [-0.3, -0.25) is 9.36 Å². The number of benzene rings is 2. The van der Waals surface area contributed by atoms with Crippen LogP contribution in [0.15, 0.2) is 59.5 Å². The summed E-state index contributed by atoms with van der Waals surface area (Å²) < 4.78 is 3.41. The summed E-state index contributed by atoms with van der Waals surface area (Å²) in [5, 5.41) is 5.50. The van der Waals surface area contributed by atoms with Crippen molar-refractivity contribution >= 4 is 28.2 Å². The van der Waals surface area contributed by atoms with Gasteiger partial charge in [-0.25, -0.2) is 4.52 Å². The Kier molecular flexibility index (Phi) is 2.81. The molecule has 2 aromatic heterocycles. The third-order valence-corrected chi connectivity index (χ3v) is 4.00. The highest BCUT2D eigenvalue weighted by Crippen LogP contribution is 2.20. The van der Waals surface area contributed by atoms with Crippen LogP contribution in [0.4, 0.5) is 0 Å². The summed E-state index contributed by atoms with van der Waals surface area (Å²) in [6.07, 6.45) is 1.68. The minimum atomic E-state index is -0.0801. The molecule has 5 heteroatoms. The average Bonchev–Trinajstić information content (AvgIpc) is 2.98. The Morgan fingerprint density at radius 3 is 2.59 bits per heavy atom. The maximum Gasteiger partial charge on any atom is 0.266 e. The third kappa shape index (κ3) is 1.84. The molecule has 0 aliphatic heterocycles. The van der Waals surface area contributed by atoms with Crippen LogP contribution in [0.3, 0.4) is 0 Å². The molecule has 0 unspecified atom stereocenters. The average molecular weight is 310 g/mol. The fourth-order valence-corrected chi connectivity index (χ4v) is 2.85. The molecule has 2 aromatic carbocycles. The van der Waals surface area contributed by atoms with Crippen LogP contribution in [0.2, 0.25) is 5.02 Å². The fraction of sp³-hybridized carbons (Fsp3) is 0.0588. The quantitative estimate of drug-likeness (QED) is 0.539. The highest BCUT2D eigenvalue weighted by Gasteiger charge is 2.13. The van der Waals surface area contributed by atoms with E-state index in [9.17, 15) is 4.79 Å². The zero-order valence-corrected chi connectivity index (χ0v) is 12.6. The molecule has 0 bridgehead atoms. The first kappa shape index (κ1) is 13.1. The van der Waals surface area contributed by atoms with E-state index in [0.29, 0.717) is 21.6 Å². The molecule has 0 saturated carbocycles. The van der Waals surface area contributed by atoms with Crippen LogP contribution in [0, 0.1) is 6.92 Å². The van der Waals surface area contributed by atoms with Crippen molar-refractivity contribution in [2.75, 3.05) is 0 Å². The summed E-state index contributed by atoms with van der Waals surface area (Å²) in [6.45, 7) is 2.02. The smallest absolute Gasteiger partial charge is 0.266 e. The van der Waals surface area contributed by atoms with Gasteiger partial charge in [0, 0.05) is 11.1 Å². The molecule has 2 heterocycles. The first-order chi connectivity index (χ1) is 10.6. The number of hydrogen-bond donors (Lipinski definition) is 0. The number of fused-ring (bicyclic) bond motifs is 3. The van der Waals surface area contributed by atoms with E-state index >= 15 is 0 Å². The van der Waals surface area contributed by atoms with Crippen LogP contribution in [-0.4, -0.2) is 14.2 Å². The van der Waals surface area contributed by atoms with Crippen molar-refractivity contribution < 1.29 is 0 Å². The van der Waals surface area contributed by atoms with Crippen LogP contribution in [0.5, 0.6) is 0 Å². The van der Waals surface area contributed by atoms with Crippen LogP contribution in [0.1, 0.15) is 5.56 Å². The van der Waals surface area contributed by atoms with E-state index in [1.165, 1.54) is 0 Å². The van der Waals surface area contributed by atoms with E-state index in [2.05, 4.69) is 5.10 Å². The molecular weight excluding hydrogens is 298 g/mol. The van der Waals surface area contributed by atoms with E-state index in [0.717, 1.165) is 11.3 Å². The number of rotatable bonds is 1. The Bertz CT molecular complexity index is 1060. The minimum Gasteiger partial charge on any atom is -0.268 e. The molecule has 0 fully saturated rings. The van der Waals surface area contributed by atoms with E-state index in [-0.39, 0.29) is 5.56 Å². The molecule has 0 spiro atoms. The van der Waals surface area contributed by atoms with E-state index < -0.39 is 0 Å². The predicted octanol–water partition coefficient (Wildman–Crippen LogP) is 3.60. The topological polar surface area (TPSA) is 39.3 Å². The molecule has 108 valence electrons. The van der Waals surface area contributed by atoms with Gasteiger partial charge in [0.2, 0.25) is 0 Å². The molecule has 4 aromatic rings. The van der Waals surface area contributed by atoms with Crippen molar-refractivity contribution in [2.45, 2.75) is 6.92 Å². The lowest BCUT2D eigenvalue weighted by Crippen LogP contribution is -2.21. The lowest BCUT2D eigenvalue weighted by molar-refractivity contribution is 0.923. The zero-order chi connectivity index (χ0) is 15.3. The fourth-order valence-electron chi connectivity index (χ4n) is 2.68. The van der Waals surface area contributed by atoms with Crippen molar-refractivity contribution in [1.82, 2.24) is 14.2 Å². The number of halogens is 1. The summed E-state index contributed by atoms with van der Waals surface area (Å²) in [4.78, 5) is 12.9. The molecule has 0 N–H and O–H groups in total. The van der Waals surface area contributed by atoms with Gasteiger partial charge >= 0.3 is 0 Å². The number of hydrogen-bond acceptors (Lipinski definition) is 2. The molecule has 4 nitrogen and oxygen atoms in total. The maximum absolute atomic E-state index is 12.9. The van der Waals surface area contributed by atoms with E-state index in [1.807, 2.05) is 37.3 Å². The lowest BCUT2D eigenvalue weighted by Gasteiger charge is -2.11. The normalized spacial score (nSPS) is 11.4. The maximum atomic E-state index is 12.9. The van der Waals surface area contributed by atoms with Gasteiger partial charge in [-0.05, 0) is 37.3 Å². The molecular formula is C17H12ClN3O. The third-order valence-electron chi connectivity index (χ3n) is 3.77. The molecule has 22 heavy (non-hydrogen) atoms. The van der Waals surface area contributed by atoms with Crippen molar-refractivity contribution in [3.63, 3.8) is 0 Å². The highest BCUT2D eigenvalue weighted by molar-refractivity contribution is 6.31. The minimum absolute atomic E-state index is 0.0801. The van der Waals surface area contributed by atoms with Gasteiger partial charge in [-0.2, -0.15) is 5.10 Å². The molecule has 0 atom stereocenters. The Labute approximate surface area is 131 Å². The Hall–Kier alpha value is -2.59. The Balaban J connectivity index is 2.20. The summed E-state index contributed by atoms with van der Waals surface area (Å²) in [6, 6.07) is 14.9. The predicted molar refractivity (Wildman–Crippen MR) is 88.0 cm³/mol. The number of aromatic nitrogens is 3. The highest BCUT2D eigenvalue weighted by atomic mass is 35.5. The first-order valence-electron chi connectivity index (χ1n) is 6.90. The van der Waals surface area contributed by atoms with Gasteiger partial charge in [0.1, 0.15) is 5.65 Å². The molecule has 0 saturated heterocycles. The van der Waals surface area contributed by atoms with Gasteiger partial charge in [-0.1, -0.05) is 29.3 Å². The summed E-state index contributed by atoms with van der Waals surface area (Å²) in [7, 11) is 0. The van der Waals surface area contributed by atoms with Crippen molar-refractivity contribution in [3.8, 4) is 5.69 Å². The number of nitrogens with zero attached hydrogens (tertiary/aromatic N) is 3. The second-order valence-electron chi connectivity index (χ2n) is 5.24. The summed E-state index contributed by atoms with van der Waals surface area (Å²) in [5.41, 5.74) is 3.31. The molecule has 0 aliphatic rings. The van der Waals surface area contributed by atoms with Crippen LogP contribution in [0.25, 0.3) is 22.2 Å². The van der Waals surface area contributed by atoms with Crippen molar-refractivity contribution in [2.24, 2.45) is 0 Å². The standard InChI is InChI=1S/C17H12ClN3O/c1-11-2-5-13(6-3-11)20-16-8-9-19-21(16)15-10-12(18)4-7-14(15)17(20)22/h2-10H,1H3. The summed E-state index contributed by atoms with van der Waals surface area (Å²) in [5.74, 6) is 0. The van der Waals surface area contributed by atoms with Crippen molar-refractivity contribution in [3.05, 3.63) is 75.7 Å². The van der Waals surface area contributed by atoms with E-state index in [1.54, 1.807) is 33.5 Å². The molecule has 0 radical (unpaired) electrons. The Morgan fingerprint density at radius 2 is 1.82 bits per heavy atom. The van der Waals surface area contributed by atoms with Gasteiger partial charge in [0.05, 0.1) is 22.8 Å². The second-order valence-corrected chi connectivity index (χ2v) is 5.68. The summed E-state index contributed by atoms with van der Waals surface area (Å²) >= 11 is 6.06. The van der Waals surface area contributed by atoms with Gasteiger partial charge in [0.15, 0.2) is 0 Å². The van der Waals surface area contributed by atoms with Crippen LogP contribution < -0.4 is 5.56 Å². The van der Waals surface area contributed by atoms with Crippen LogP contribution >= 0.6 is 11.6 Å². The molecule has 0 aliphatic carbocycles. The zero-order valence-electron chi connectivity index (χ0n) is 11.8. The Morgan fingerprint density at radius 1 is 1.05 bits per heavy atom. The van der Waals surface area contributed by atoms with Gasteiger partial charge in [0.25, 0.3) is 5.56 Å². The second kappa shape index (κ2) is 4.71. The lowest BCUT2D eigenvalue weighted by atomic mass is 10.2. The molecule has 0 amide bonds. The van der Waals surface area contributed by atoms with Gasteiger partial charge in [-0.15, -0.1) is 0 Å². The SMILES string of the molecule is Cc1ccc(-n2c(=O)c3ccc(Cl)cc3n3nccc23)cc1.